The summed E-state index contributed by atoms with van der Waals surface area (Å²) in [6, 6.07) is 0. The molecule has 0 aromatic heterocycles. The molecule has 0 fully saturated rings. The Morgan fingerprint density at radius 2 is 1.46 bits per heavy atom. The number of carboxylic acids is 1. The fourth-order valence-electron chi connectivity index (χ4n) is 1.79. The summed E-state index contributed by atoms with van der Waals surface area (Å²) >= 11 is 0. The second-order valence-electron chi connectivity index (χ2n) is 5.26. The number of carboxylic acid groups (broad SMARTS) is 1. The molecule has 0 rings (SSSR count). The quantitative estimate of drug-likeness (QED) is 0.398. The van der Waals surface area contributed by atoms with Crippen LogP contribution in [-0.2, 0) is 33.4 Å². The Kier molecular flexibility index (Phi) is 12.2. The molecule has 0 aliphatic heterocycles. The molecule has 8 heteroatoms. The molecule has 0 spiro atoms. The van der Waals surface area contributed by atoms with Gasteiger partial charge in [-0.3, -0.25) is 19.2 Å². The number of carbonyl (C=O) groups is 4. The molecule has 0 radical (unpaired) electrons. The van der Waals surface area contributed by atoms with Crippen LogP contribution in [0.2, 0.25) is 0 Å². The number of rotatable bonds is 13. The fourth-order valence-corrected chi connectivity index (χ4v) is 1.79. The van der Waals surface area contributed by atoms with Gasteiger partial charge < -0.3 is 19.3 Å². The average Bonchev–Trinajstić information content (AvgIpc) is 2.50. The Labute approximate surface area is 141 Å². The molecule has 0 aliphatic rings. The summed E-state index contributed by atoms with van der Waals surface area (Å²) in [6.45, 7) is 2.96. The van der Waals surface area contributed by atoms with E-state index in [-0.39, 0.29) is 38.7 Å². The van der Waals surface area contributed by atoms with Gasteiger partial charge in [-0.05, 0) is 25.7 Å². The van der Waals surface area contributed by atoms with Gasteiger partial charge in [0.2, 0.25) is 6.79 Å². The number of carbonyl (C=O) groups excluding carboxylic acids is 3. The summed E-state index contributed by atoms with van der Waals surface area (Å²) in [5.74, 6) is -3.34. The van der Waals surface area contributed by atoms with E-state index < -0.39 is 36.6 Å². The molecule has 0 bridgehead atoms. The molecule has 0 saturated carbocycles. The van der Waals surface area contributed by atoms with Crippen molar-refractivity contribution in [3.63, 3.8) is 0 Å². The molecule has 0 aliphatic carbocycles. The van der Waals surface area contributed by atoms with Crippen molar-refractivity contribution in [2.75, 3.05) is 13.4 Å². The van der Waals surface area contributed by atoms with Gasteiger partial charge >= 0.3 is 23.9 Å². The van der Waals surface area contributed by atoms with Crippen LogP contribution in [0.1, 0.15) is 58.8 Å². The zero-order chi connectivity index (χ0) is 18.4. The summed E-state index contributed by atoms with van der Waals surface area (Å²) in [7, 11) is 0. The average molecular weight is 346 g/mol. The van der Waals surface area contributed by atoms with Crippen LogP contribution in [-0.4, -0.2) is 42.4 Å². The second-order valence-corrected chi connectivity index (χ2v) is 5.26. The van der Waals surface area contributed by atoms with Crippen molar-refractivity contribution in [1.82, 2.24) is 0 Å². The minimum absolute atomic E-state index is 0.0990. The molecule has 0 aromatic rings. The van der Waals surface area contributed by atoms with E-state index in [4.69, 9.17) is 19.3 Å². The summed E-state index contributed by atoms with van der Waals surface area (Å²) in [6.07, 6.45) is 2.07. The molecular formula is C16H26O8. The first-order valence-corrected chi connectivity index (χ1v) is 8.10. The van der Waals surface area contributed by atoms with E-state index in [0.29, 0.717) is 12.8 Å². The molecule has 24 heavy (non-hydrogen) atoms. The monoisotopic (exact) mass is 346 g/mol. The minimum Gasteiger partial charge on any atom is -0.481 e. The fraction of sp³-hybridized carbons (Fsp3) is 0.750. The van der Waals surface area contributed by atoms with Crippen LogP contribution in [0, 0.1) is 5.92 Å². The lowest BCUT2D eigenvalue weighted by Crippen LogP contribution is -2.26. The number of esters is 3. The normalized spacial score (nSPS) is 11.4. The van der Waals surface area contributed by atoms with Gasteiger partial charge in [0, 0.05) is 19.3 Å². The summed E-state index contributed by atoms with van der Waals surface area (Å²) in [4.78, 5) is 45.1. The Morgan fingerprint density at radius 1 is 0.875 bits per heavy atom. The van der Waals surface area contributed by atoms with Gasteiger partial charge in [0.05, 0.1) is 5.92 Å². The van der Waals surface area contributed by atoms with Gasteiger partial charge in [-0.1, -0.05) is 13.8 Å². The summed E-state index contributed by atoms with van der Waals surface area (Å²) in [5.41, 5.74) is 0. The standard InChI is InChI=1S/C16H26O8/c1-3-6-14(19)22-10-12(8-5-9-13(17)18)16(21)24-11-23-15(20)7-4-2/h12H,3-11H2,1-2H3,(H,17,18). The number of aliphatic carboxylic acids is 1. The van der Waals surface area contributed by atoms with E-state index in [1.165, 1.54) is 0 Å². The third kappa shape index (κ3) is 11.4. The molecule has 8 nitrogen and oxygen atoms in total. The largest absolute Gasteiger partial charge is 0.481 e. The molecule has 0 saturated heterocycles. The first kappa shape index (κ1) is 21.9. The van der Waals surface area contributed by atoms with Gasteiger partial charge in [-0.2, -0.15) is 0 Å². The highest BCUT2D eigenvalue weighted by atomic mass is 16.7. The lowest BCUT2D eigenvalue weighted by atomic mass is 10.0. The Bertz CT molecular complexity index is 418. The van der Waals surface area contributed by atoms with E-state index >= 15 is 0 Å². The van der Waals surface area contributed by atoms with Crippen LogP contribution in [0.3, 0.4) is 0 Å². The molecule has 0 amide bonds. The number of hydrogen-bond donors (Lipinski definition) is 1. The van der Waals surface area contributed by atoms with E-state index in [2.05, 4.69) is 0 Å². The van der Waals surface area contributed by atoms with Crippen LogP contribution in [0.15, 0.2) is 0 Å². The van der Waals surface area contributed by atoms with Gasteiger partial charge in [0.1, 0.15) is 6.61 Å². The lowest BCUT2D eigenvalue weighted by molar-refractivity contribution is -0.172. The summed E-state index contributed by atoms with van der Waals surface area (Å²) in [5, 5.41) is 8.65. The SMILES string of the molecule is CCCC(=O)OCOC(=O)C(CCCC(=O)O)COC(=O)CCC. The molecule has 1 unspecified atom stereocenters. The maximum absolute atomic E-state index is 12.0. The molecule has 138 valence electrons. The van der Waals surface area contributed by atoms with Gasteiger partial charge in [0.25, 0.3) is 0 Å². The van der Waals surface area contributed by atoms with Crippen LogP contribution >= 0.6 is 0 Å². The molecule has 0 aromatic carbocycles. The van der Waals surface area contributed by atoms with Crippen LogP contribution in [0.5, 0.6) is 0 Å². The van der Waals surface area contributed by atoms with Crippen molar-refractivity contribution < 1.29 is 38.5 Å². The number of ether oxygens (including phenoxy) is 3. The van der Waals surface area contributed by atoms with Crippen molar-refractivity contribution in [3.8, 4) is 0 Å². The summed E-state index contributed by atoms with van der Waals surface area (Å²) < 4.78 is 14.6. The van der Waals surface area contributed by atoms with Crippen molar-refractivity contribution in [2.24, 2.45) is 5.92 Å². The topological polar surface area (TPSA) is 116 Å². The zero-order valence-corrected chi connectivity index (χ0v) is 14.2. The van der Waals surface area contributed by atoms with Crippen molar-refractivity contribution in [3.05, 3.63) is 0 Å². The lowest BCUT2D eigenvalue weighted by Gasteiger charge is -2.16. The van der Waals surface area contributed by atoms with E-state index in [9.17, 15) is 19.2 Å². The Morgan fingerprint density at radius 3 is 2.00 bits per heavy atom. The Balaban J connectivity index is 4.36. The third-order valence-corrected chi connectivity index (χ3v) is 3.05. The highest BCUT2D eigenvalue weighted by molar-refractivity contribution is 5.74. The first-order valence-electron chi connectivity index (χ1n) is 8.10. The molecular weight excluding hydrogens is 320 g/mol. The number of hydrogen-bond acceptors (Lipinski definition) is 7. The van der Waals surface area contributed by atoms with Crippen LogP contribution < -0.4 is 0 Å². The van der Waals surface area contributed by atoms with Gasteiger partial charge in [-0.15, -0.1) is 0 Å². The van der Waals surface area contributed by atoms with Gasteiger partial charge in [-0.25, -0.2) is 0 Å². The molecule has 1 N–H and O–H groups in total. The third-order valence-electron chi connectivity index (χ3n) is 3.05. The zero-order valence-electron chi connectivity index (χ0n) is 14.2. The predicted molar refractivity (Wildman–Crippen MR) is 82.8 cm³/mol. The maximum atomic E-state index is 12.0. The van der Waals surface area contributed by atoms with E-state index in [0.717, 1.165) is 0 Å². The van der Waals surface area contributed by atoms with Gasteiger partial charge in [0.15, 0.2) is 0 Å². The maximum Gasteiger partial charge on any atom is 0.315 e. The predicted octanol–water partition coefficient (Wildman–Crippen LogP) is 2.04. The van der Waals surface area contributed by atoms with Crippen LogP contribution in [0.4, 0.5) is 0 Å². The van der Waals surface area contributed by atoms with Crippen molar-refractivity contribution in [2.45, 2.75) is 58.8 Å². The smallest absolute Gasteiger partial charge is 0.315 e. The van der Waals surface area contributed by atoms with Crippen LogP contribution in [0.25, 0.3) is 0 Å². The van der Waals surface area contributed by atoms with E-state index in [1.807, 2.05) is 13.8 Å². The minimum atomic E-state index is -0.974. The Hall–Kier alpha value is -2.12. The molecule has 1 atom stereocenters. The van der Waals surface area contributed by atoms with E-state index in [1.54, 1.807) is 0 Å². The highest BCUT2D eigenvalue weighted by Crippen LogP contribution is 2.13. The second kappa shape index (κ2) is 13.3. The molecule has 0 heterocycles. The highest BCUT2D eigenvalue weighted by Gasteiger charge is 2.22. The van der Waals surface area contributed by atoms with Crippen molar-refractivity contribution >= 4 is 23.9 Å². The first-order chi connectivity index (χ1) is 11.4. The van der Waals surface area contributed by atoms with Crippen molar-refractivity contribution in [1.29, 1.82) is 0 Å².